The second-order valence-electron chi connectivity index (χ2n) is 9.15. The molecule has 2 fully saturated rings. The van der Waals surface area contributed by atoms with Crippen molar-refractivity contribution >= 4 is 17.6 Å². The zero-order chi connectivity index (χ0) is 22.2. The van der Waals surface area contributed by atoms with Crippen LogP contribution in [0.1, 0.15) is 67.2 Å². The maximum absolute atomic E-state index is 13.2. The van der Waals surface area contributed by atoms with Crippen molar-refractivity contribution in [1.82, 2.24) is 14.9 Å². The highest BCUT2D eigenvalue weighted by molar-refractivity contribution is 6.00. The molecule has 1 saturated heterocycles. The van der Waals surface area contributed by atoms with Crippen molar-refractivity contribution in [2.75, 3.05) is 18.6 Å². The summed E-state index contributed by atoms with van der Waals surface area (Å²) in [5.41, 5.74) is 2.76. The smallest absolute Gasteiger partial charge is 0.233 e. The van der Waals surface area contributed by atoms with E-state index in [1.807, 2.05) is 36.1 Å². The molecule has 1 saturated carbocycles. The van der Waals surface area contributed by atoms with Gasteiger partial charge in [-0.15, -0.1) is 0 Å². The van der Waals surface area contributed by atoms with Crippen LogP contribution in [-0.4, -0.2) is 40.3 Å². The molecule has 2 aromatic rings. The molecule has 7 nitrogen and oxygen atoms in total. The lowest BCUT2D eigenvalue weighted by Gasteiger charge is -2.27. The summed E-state index contributed by atoms with van der Waals surface area (Å²) >= 11 is 0. The number of hydrogen-bond donors (Lipinski definition) is 0. The minimum Gasteiger partial charge on any atom is -0.497 e. The number of aromatic nitrogens is 2. The van der Waals surface area contributed by atoms with Crippen molar-refractivity contribution in [2.45, 2.75) is 64.5 Å². The van der Waals surface area contributed by atoms with E-state index < -0.39 is 0 Å². The lowest BCUT2D eigenvalue weighted by molar-refractivity contribution is -0.136. The summed E-state index contributed by atoms with van der Waals surface area (Å²) in [6.07, 6.45) is 6.46. The van der Waals surface area contributed by atoms with Crippen molar-refractivity contribution in [2.24, 2.45) is 5.92 Å². The highest BCUT2D eigenvalue weighted by atomic mass is 16.5. The van der Waals surface area contributed by atoms with Gasteiger partial charge in [0.2, 0.25) is 11.8 Å². The average molecular weight is 435 g/mol. The van der Waals surface area contributed by atoms with E-state index in [1.54, 1.807) is 12.0 Å². The van der Waals surface area contributed by atoms with Crippen LogP contribution in [0.5, 0.6) is 5.75 Å². The normalized spacial score (nSPS) is 20.8. The van der Waals surface area contributed by atoms with E-state index in [0.717, 1.165) is 67.6 Å². The number of amides is 2. The van der Waals surface area contributed by atoms with Gasteiger partial charge in [0.05, 0.1) is 26.1 Å². The van der Waals surface area contributed by atoms with Crippen LogP contribution in [-0.2, 0) is 22.6 Å². The van der Waals surface area contributed by atoms with Gasteiger partial charge < -0.3 is 9.64 Å². The van der Waals surface area contributed by atoms with Gasteiger partial charge in [0.1, 0.15) is 11.6 Å². The minimum absolute atomic E-state index is 0.0377. The van der Waals surface area contributed by atoms with E-state index in [-0.39, 0.29) is 23.8 Å². The SMILES string of the molecule is COc1ccc(CN2C(=O)Cc3c(C)nc([C@H]4CCCN4C(=O)C4CCCC4)nc32)cc1. The van der Waals surface area contributed by atoms with E-state index in [9.17, 15) is 9.59 Å². The van der Waals surface area contributed by atoms with Gasteiger partial charge in [0.25, 0.3) is 0 Å². The first kappa shape index (κ1) is 20.9. The fourth-order valence-electron chi connectivity index (χ4n) is 5.33. The van der Waals surface area contributed by atoms with Gasteiger partial charge in [0.15, 0.2) is 5.82 Å². The molecule has 0 radical (unpaired) electrons. The number of methoxy groups -OCH3 is 1. The molecule has 0 bridgehead atoms. The van der Waals surface area contributed by atoms with E-state index in [0.29, 0.717) is 24.6 Å². The quantitative estimate of drug-likeness (QED) is 0.717. The fraction of sp³-hybridized carbons (Fsp3) is 0.520. The summed E-state index contributed by atoms with van der Waals surface area (Å²) in [5.74, 6) is 2.62. The average Bonchev–Trinajstić information content (AvgIpc) is 3.55. The number of rotatable bonds is 5. The maximum atomic E-state index is 13.2. The molecule has 2 aliphatic heterocycles. The van der Waals surface area contributed by atoms with Crippen LogP contribution in [0.25, 0.3) is 0 Å². The van der Waals surface area contributed by atoms with Gasteiger partial charge in [-0.1, -0.05) is 25.0 Å². The summed E-state index contributed by atoms with van der Waals surface area (Å²) in [6.45, 7) is 3.18. The Morgan fingerprint density at radius 3 is 2.56 bits per heavy atom. The standard InChI is InChI=1S/C25H30N4O3/c1-16-20-14-22(30)29(15-17-9-11-19(32-2)12-10-17)24(20)27-23(26-16)21-8-5-13-28(21)25(31)18-6-3-4-7-18/h9-12,18,21H,3-8,13-15H2,1-2H3/t21-/m1/s1. The zero-order valence-corrected chi connectivity index (χ0v) is 18.8. The molecule has 3 heterocycles. The topological polar surface area (TPSA) is 75.6 Å². The Labute approximate surface area is 188 Å². The van der Waals surface area contributed by atoms with Crippen LogP contribution in [0, 0.1) is 12.8 Å². The van der Waals surface area contributed by atoms with Crippen LogP contribution >= 0.6 is 0 Å². The van der Waals surface area contributed by atoms with Crippen molar-refractivity contribution in [3.8, 4) is 5.75 Å². The molecule has 1 aliphatic carbocycles. The van der Waals surface area contributed by atoms with E-state index in [4.69, 9.17) is 14.7 Å². The summed E-state index contributed by atoms with van der Waals surface area (Å²) in [4.78, 5) is 39.5. The fourth-order valence-corrected chi connectivity index (χ4v) is 5.33. The largest absolute Gasteiger partial charge is 0.497 e. The van der Waals surface area contributed by atoms with Crippen molar-refractivity contribution in [3.63, 3.8) is 0 Å². The summed E-state index contributed by atoms with van der Waals surface area (Å²) in [5, 5.41) is 0. The number of hydrogen-bond acceptors (Lipinski definition) is 5. The highest BCUT2D eigenvalue weighted by Crippen LogP contribution is 2.38. The number of likely N-dealkylation sites (tertiary alicyclic amines) is 1. The Morgan fingerprint density at radius 1 is 1.09 bits per heavy atom. The predicted octanol–water partition coefficient (Wildman–Crippen LogP) is 3.74. The number of benzene rings is 1. The molecule has 168 valence electrons. The number of anilines is 1. The Bertz CT molecular complexity index is 1030. The van der Waals surface area contributed by atoms with Crippen LogP contribution in [0.2, 0.25) is 0 Å². The molecule has 1 aromatic heterocycles. The molecule has 2 amide bonds. The van der Waals surface area contributed by atoms with Gasteiger partial charge in [-0.25, -0.2) is 9.97 Å². The van der Waals surface area contributed by atoms with E-state index >= 15 is 0 Å². The number of aryl methyl sites for hydroxylation is 1. The third kappa shape index (κ3) is 3.74. The van der Waals surface area contributed by atoms with E-state index in [2.05, 4.69) is 0 Å². The number of carbonyl (C=O) groups is 2. The third-order valence-corrected chi connectivity index (χ3v) is 7.13. The minimum atomic E-state index is -0.0920. The monoisotopic (exact) mass is 434 g/mol. The predicted molar refractivity (Wildman–Crippen MR) is 120 cm³/mol. The molecular weight excluding hydrogens is 404 g/mol. The second-order valence-corrected chi connectivity index (χ2v) is 9.15. The number of carbonyl (C=O) groups excluding carboxylic acids is 2. The lowest BCUT2D eigenvalue weighted by Crippen LogP contribution is -2.35. The number of fused-ring (bicyclic) bond motifs is 1. The van der Waals surface area contributed by atoms with E-state index in [1.165, 1.54) is 0 Å². The molecule has 0 unspecified atom stereocenters. The molecular formula is C25H30N4O3. The molecule has 7 heteroatoms. The summed E-state index contributed by atoms with van der Waals surface area (Å²) in [7, 11) is 1.64. The highest BCUT2D eigenvalue weighted by Gasteiger charge is 2.38. The van der Waals surface area contributed by atoms with Crippen LogP contribution in [0.15, 0.2) is 24.3 Å². The van der Waals surface area contributed by atoms with Gasteiger partial charge in [-0.05, 0) is 50.3 Å². The molecule has 3 aliphatic rings. The zero-order valence-electron chi connectivity index (χ0n) is 18.8. The van der Waals surface area contributed by atoms with Crippen LogP contribution in [0.3, 0.4) is 0 Å². The molecule has 1 atom stereocenters. The van der Waals surface area contributed by atoms with Crippen LogP contribution < -0.4 is 9.64 Å². The molecule has 5 rings (SSSR count). The van der Waals surface area contributed by atoms with Gasteiger partial charge in [-0.3, -0.25) is 14.5 Å². The molecule has 32 heavy (non-hydrogen) atoms. The van der Waals surface area contributed by atoms with Crippen molar-refractivity contribution < 1.29 is 14.3 Å². The number of nitrogens with zero attached hydrogens (tertiary/aromatic N) is 4. The van der Waals surface area contributed by atoms with Gasteiger partial charge in [-0.2, -0.15) is 0 Å². The van der Waals surface area contributed by atoms with Gasteiger partial charge >= 0.3 is 0 Å². The second kappa shape index (κ2) is 8.52. The van der Waals surface area contributed by atoms with Crippen LogP contribution in [0.4, 0.5) is 5.82 Å². The first-order valence-electron chi connectivity index (χ1n) is 11.7. The Kier molecular flexibility index (Phi) is 5.57. The van der Waals surface area contributed by atoms with Crippen molar-refractivity contribution in [3.05, 3.63) is 46.9 Å². The number of ether oxygens (including phenoxy) is 1. The summed E-state index contributed by atoms with van der Waals surface area (Å²) < 4.78 is 5.24. The first-order valence-corrected chi connectivity index (χ1v) is 11.7. The Hall–Kier alpha value is -2.96. The molecule has 1 aromatic carbocycles. The maximum Gasteiger partial charge on any atom is 0.233 e. The Morgan fingerprint density at radius 2 is 1.84 bits per heavy atom. The third-order valence-electron chi connectivity index (χ3n) is 7.13. The summed E-state index contributed by atoms with van der Waals surface area (Å²) in [6, 6.07) is 7.65. The Balaban J connectivity index is 1.43. The lowest BCUT2D eigenvalue weighted by atomic mass is 10.1. The molecule has 0 N–H and O–H groups in total. The van der Waals surface area contributed by atoms with Gasteiger partial charge in [0, 0.05) is 23.7 Å². The first-order chi connectivity index (χ1) is 15.5. The van der Waals surface area contributed by atoms with Crippen molar-refractivity contribution in [1.29, 1.82) is 0 Å². The molecule has 0 spiro atoms.